The van der Waals surface area contributed by atoms with Crippen molar-refractivity contribution in [3.8, 4) is 0 Å². The van der Waals surface area contributed by atoms with Crippen LogP contribution in [0.1, 0.15) is 211 Å². The van der Waals surface area contributed by atoms with Crippen molar-refractivity contribution in [2.75, 3.05) is 28.4 Å². The molecule has 9 heteroatoms. The van der Waals surface area contributed by atoms with Gasteiger partial charge in [0.05, 0.1) is 22.4 Å². The number of ether oxygens (including phenoxy) is 4. The van der Waals surface area contributed by atoms with Crippen LogP contribution in [0.2, 0.25) is 13.1 Å². The fourth-order valence-corrected chi connectivity index (χ4v) is 24.5. The molecule has 8 aromatic carbocycles. The molecule has 8 atom stereocenters. The first-order valence-corrected chi connectivity index (χ1v) is 46.0. The minimum absolute atomic E-state index is 0.173. The molecular weight excluding hydrogens is 1360 g/mol. The van der Waals surface area contributed by atoms with Crippen LogP contribution < -0.4 is 20.7 Å². The van der Waals surface area contributed by atoms with Gasteiger partial charge in [-0.05, 0) is 169 Å². The summed E-state index contributed by atoms with van der Waals surface area (Å²) in [5.74, 6) is 0.956. The Bertz CT molecular complexity index is 4130. The molecule has 0 aliphatic heterocycles. The number of hydrogen-bond acceptors (Lipinski definition) is 4. The third-order valence-electron chi connectivity index (χ3n) is 24.5. The van der Waals surface area contributed by atoms with Crippen LogP contribution in [0.4, 0.5) is 0 Å². The van der Waals surface area contributed by atoms with Gasteiger partial charge in [-0.15, -0.1) is 91.6 Å². The van der Waals surface area contributed by atoms with Gasteiger partial charge in [0.25, 0.3) is 0 Å². The van der Waals surface area contributed by atoms with E-state index in [0.29, 0.717) is 0 Å². The summed E-state index contributed by atoms with van der Waals surface area (Å²) in [5.41, 5.74) is 33.2. The molecule has 16 rings (SSSR count). The molecule has 0 N–H and O–H groups in total. The molecule has 0 heterocycles. The predicted molar refractivity (Wildman–Crippen MR) is 417 cm³/mol. The van der Waals surface area contributed by atoms with Crippen molar-refractivity contribution in [1.82, 2.24) is 0 Å². The van der Waals surface area contributed by atoms with Crippen molar-refractivity contribution in [2.45, 2.75) is 166 Å². The van der Waals surface area contributed by atoms with Crippen molar-refractivity contribution in [1.29, 1.82) is 0 Å². The molecule has 0 aromatic heterocycles. The van der Waals surface area contributed by atoms with E-state index in [1.807, 2.05) is 28.4 Å². The van der Waals surface area contributed by atoms with Crippen molar-refractivity contribution >= 4 is 79.7 Å². The average Bonchev–Trinajstić information content (AvgIpc) is 1.53. The molecule has 0 bridgehead atoms. The van der Waals surface area contributed by atoms with Gasteiger partial charge < -0.3 is 18.9 Å². The van der Waals surface area contributed by atoms with E-state index in [2.05, 4.69) is 263 Å². The van der Waals surface area contributed by atoms with Gasteiger partial charge in [0.2, 0.25) is 0 Å². The molecule has 508 valence electrons. The molecule has 0 saturated heterocycles. The van der Waals surface area contributed by atoms with E-state index in [1.165, 1.54) is 134 Å². The van der Waals surface area contributed by atoms with E-state index in [9.17, 15) is 0 Å². The summed E-state index contributed by atoms with van der Waals surface area (Å²) in [7, 11) is 15.1. The second-order valence-electron chi connectivity index (χ2n) is 29.9. The van der Waals surface area contributed by atoms with Gasteiger partial charge in [-0.25, -0.2) is 0 Å². The van der Waals surface area contributed by atoms with Gasteiger partial charge in [-0.1, -0.05) is 162 Å². The number of methoxy groups -OCH3 is 4. The Morgan fingerprint density at radius 1 is 0.354 bits per heavy atom. The first kappa shape index (κ1) is 70.0. The fourth-order valence-electron chi connectivity index (χ4n) is 18.8. The number of benzene rings is 4. The van der Waals surface area contributed by atoms with Crippen LogP contribution in [0.25, 0.3) is 24.3 Å². The summed E-state index contributed by atoms with van der Waals surface area (Å²) in [6.45, 7) is 23.3. The van der Waals surface area contributed by atoms with Crippen molar-refractivity contribution in [2.24, 2.45) is 0 Å². The van der Waals surface area contributed by atoms with Crippen LogP contribution in [-0.2, 0) is 87.9 Å². The first-order valence-electron chi connectivity index (χ1n) is 35.7. The Hall–Kier alpha value is -6.06. The zero-order chi connectivity index (χ0) is 69.4. The number of allylic oxidation sites excluding steroid dienone is 12. The van der Waals surface area contributed by atoms with E-state index in [4.69, 9.17) is 36.0 Å². The van der Waals surface area contributed by atoms with Crippen LogP contribution >= 0.6 is 17.0 Å². The van der Waals surface area contributed by atoms with Gasteiger partial charge in [0.15, 0.2) is 0 Å². The standard InChI is InChI=1S/2C45H47O2Si.2ClH.Zr/c2*1-28-24-38-34(30-16-18-40-32(26-30)20-22-44(40,3)46-5)12-8-10-14-36(38)42(28)48(7)43-29(2)25-39-35(13-9-11-15-37(39)43)31-17-19-41-33(27-31)21-23-45(41,4)47-6;;;/h2*8-19,24-27,34-35H,20-23H2,1-7H3;2*1H;/q2*-2;;;+2/p-2. The maximum absolute atomic E-state index is 5.95. The molecule has 8 aromatic rings. The number of rotatable bonds is 12. The summed E-state index contributed by atoms with van der Waals surface area (Å²) in [6.07, 6.45) is 45.6. The first-order chi connectivity index (χ1) is 47.7. The van der Waals surface area contributed by atoms with E-state index < -0.39 is 38.4 Å². The summed E-state index contributed by atoms with van der Waals surface area (Å²) in [6, 6.07) is 38.5. The summed E-state index contributed by atoms with van der Waals surface area (Å²) in [5, 5.41) is 6.23. The van der Waals surface area contributed by atoms with E-state index in [0.717, 1.165) is 51.4 Å². The molecule has 2 radical (unpaired) electrons. The Kier molecular flexibility index (Phi) is 19.8. The Morgan fingerprint density at radius 3 is 0.768 bits per heavy atom. The molecule has 99 heavy (non-hydrogen) atoms. The van der Waals surface area contributed by atoms with Crippen LogP contribution in [0, 0.1) is 27.7 Å². The molecule has 0 fully saturated rings. The topological polar surface area (TPSA) is 36.9 Å². The molecule has 0 amide bonds. The third-order valence-corrected chi connectivity index (χ3v) is 30.1. The monoisotopic (exact) mass is 1450 g/mol. The average molecular weight is 1460 g/mol. The number of fused-ring (bicyclic) bond motifs is 8. The number of halogens is 2. The quantitative estimate of drug-likeness (QED) is 0.0902. The molecule has 0 spiro atoms. The van der Waals surface area contributed by atoms with Crippen molar-refractivity contribution in [3.05, 3.63) is 303 Å². The van der Waals surface area contributed by atoms with Crippen LogP contribution in [-0.4, -0.2) is 46.0 Å². The maximum atomic E-state index is 5.95. The molecule has 8 aliphatic rings. The Morgan fingerprint density at radius 2 is 0.566 bits per heavy atom. The van der Waals surface area contributed by atoms with Gasteiger partial charge in [-0.2, -0.15) is 68.8 Å². The van der Waals surface area contributed by atoms with Gasteiger partial charge in [0.1, 0.15) is 0 Å². The Labute approximate surface area is 612 Å². The molecule has 0 saturated carbocycles. The van der Waals surface area contributed by atoms with Crippen molar-refractivity contribution in [3.63, 3.8) is 0 Å². The molecule has 8 aliphatic carbocycles. The minimum atomic E-state index is -1.09. The van der Waals surface area contributed by atoms with Gasteiger partial charge in [-0.3, -0.25) is 0 Å². The predicted octanol–water partition coefficient (Wildman–Crippen LogP) is 19.4. The summed E-state index contributed by atoms with van der Waals surface area (Å²) < 4.78 is 23.8. The van der Waals surface area contributed by atoms with Crippen LogP contribution in [0.3, 0.4) is 0 Å². The van der Waals surface area contributed by atoms with E-state index in [-0.39, 0.29) is 46.1 Å². The van der Waals surface area contributed by atoms with E-state index in [1.54, 1.807) is 20.7 Å². The van der Waals surface area contributed by atoms with Crippen LogP contribution in [0.15, 0.2) is 170 Å². The molecular formula is C90H94Cl2O4Si2Zr-4. The van der Waals surface area contributed by atoms with Gasteiger partial charge in [0, 0.05) is 46.0 Å². The Balaban J connectivity index is 0.000000163. The third kappa shape index (κ3) is 12.3. The second kappa shape index (κ2) is 27.9. The normalized spacial score (nSPS) is 24.6. The summed E-state index contributed by atoms with van der Waals surface area (Å²) >= 11 is -0.826. The molecule has 8 unspecified atom stereocenters. The zero-order valence-electron chi connectivity index (χ0n) is 60.3. The second-order valence-corrected chi connectivity index (χ2v) is 38.1. The molecule has 4 nitrogen and oxygen atoms in total. The SMILES string of the molecule is COC1(C)CCc2cc(C3C=CC=Cc4c3cc(C)[c-]4[Si](C)[c-]3c(C)cc4c3C=CC=CC4c3ccc4c(c3)CCC4(C)OC)ccc21.COC1(C)CCc2cc(C3C=CC=Cc4c3cc(C)[c-]4[Si](C)[c-]3c(C)cc4c3C=CC=CC4c3ccc4c(c3)CCC4(C)OC)ccc21.[Cl][Zr][Cl]. The number of hydrogen-bond donors (Lipinski definition) is 0. The number of aryl methyl sites for hydroxylation is 8. The zero-order valence-corrected chi connectivity index (χ0v) is 66.3. The fraction of sp³-hybridized carbons (Fsp3) is 0.333. The summed E-state index contributed by atoms with van der Waals surface area (Å²) in [4.78, 5) is 0. The van der Waals surface area contributed by atoms with E-state index >= 15 is 0 Å². The van der Waals surface area contributed by atoms with Crippen molar-refractivity contribution < 1.29 is 39.8 Å². The van der Waals surface area contributed by atoms with Crippen LogP contribution in [0.5, 0.6) is 0 Å². The van der Waals surface area contributed by atoms with Gasteiger partial charge >= 0.3 is 37.9 Å².